The molecule has 0 unspecified atom stereocenters. The van der Waals surface area contributed by atoms with E-state index < -0.39 is 4.92 Å². The fraction of sp³-hybridized carbons (Fsp3) is 0.375. The van der Waals surface area contributed by atoms with Crippen molar-refractivity contribution in [2.75, 3.05) is 23.3 Å². The molecule has 0 amide bonds. The van der Waals surface area contributed by atoms with Crippen molar-refractivity contribution in [2.45, 2.75) is 19.8 Å². The Balaban J connectivity index is 1.93. The van der Waals surface area contributed by atoms with Gasteiger partial charge >= 0.3 is 5.69 Å². The van der Waals surface area contributed by atoms with Gasteiger partial charge in [0.15, 0.2) is 0 Å². The lowest BCUT2D eigenvalue weighted by Crippen LogP contribution is -2.34. The molecule has 1 aromatic carbocycles. The normalized spacial score (nSPS) is 15.3. The molecule has 0 atom stereocenters. The van der Waals surface area contributed by atoms with Crippen LogP contribution < -0.4 is 10.2 Å². The molecule has 1 aliphatic heterocycles. The van der Waals surface area contributed by atoms with Gasteiger partial charge in [-0.25, -0.2) is 9.97 Å². The maximum atomic E-state index is 11.6. The van der Waals surface area contributed by atoms with E-state index in [-0.39, 0.29) is 11.5 Å². The summed E-state index contributed by atoms with van der Waals surface area (Å²) in [7, 11) is 0. The molecular formula is C16H18BrN5O2. The standard InChI is InChI=1S/C16H18BrN5O2/c1-11-6-8-21(9-7-11)16-14(22(23)24)15(18-10-19-16)20-13-4-2-12(17)3-5-13/h2-5,10-11H,6-9H2,1H3,(H,18,19,20). The summed E-state index contributed by atoms with van der Waals surface area (Å²) < 4.78 is 0.938. The first kappa shape index (κ1) is 16.6. The first-order valence-corrected chi connectivity index (χ1v) is 8.61. The Labute approximate surface area is 148 Å². The molecule has 0 bridgehead atoms. The van der Waals surface area contributed by atoms with Crippen molar-refractivity contribution in [3.63, 3.8) is 0 Å². The van der Waals surface area contributed by atoms with Gasteiger partial charge in [0.2, 0.25) is 11.6 Å². The topological polar surface area (TPSA) is 84.2 Å². The van der Waals surface area contributed by atoms with E-state index >= 15 is 0 Å². The fourth-order valence-electron chi connectivity index (χ4n) is 2.75. The minimum absolute atomic E-state index is 0.0741. The number of anilines is 3. The van der Waals surface area contributed by atoms with Crippen LogP contribution >= 0.6 is 15.9 Å². The monoisotopic (exact) mass is 391 g/mol. The second-order valence-corrected chi connectivity index (χ2v) is 6.87. The predicted octanol–water partition coefficient (Wildman–Crippen LogP) is 4.13. The van der Waals surface area contributed by atoms with Crippen molar-refractivity contribution in [2.24, 2.45) is 5.92 Å². The van der Waals surface area contributed by atoms with E-state index in [0.717, 1.165) is 36.1 Å². The minimum atomic E-state index is -0.408. The van der Waals surface area contributed by atoms with Crippen LogP contribution in [-0.2, 0) is 0 Å². The zero-order chi connectivity index (χ0) is 17.1. The van der Waals surface area contributed by atoms with E-state index in [1.54, 1.807) is 0 Å². The van der Waals surface area contributed by atoms with Crippen LogP contribution in [0.5, 0.6) is 0 Å². The van der Waals surface area contributed by atoms with E-state index in [4.69, 9.17) is 0 Å². The molecule has 2 aromatic rings. The highest BCUT2D eigenvalue weighted by Crippen LogP contribution is 2.35. The van der Waals surface area contributed by atoms with Crippen molar-refractivity contribution in [1.82, 2.24) is 9.97 Å². The molecular weight excluding hydrogens is 374 g/mol. The van der Waals surface area contributed by atoms with Crippen molar-refractivity contribution < 1.29 is 4.92 Å². The molecule has 2 heterocycles. The van der Waals surface area contributed by atoms with E-state index in [1.807, 2.05) is 29.2 Å². The number of nitrogens with one attached hydrogen (secondary N) is 1. The second-order valence-electron chi connectivity index (χ2n) is 5.95. The van der Waals surface area contributed by atoms with Crippen LogP contribution in [-0.4, -0.2) is 28.0 Å². The molecule has 1 aromatic heterocycles. The molecule has 0 radical (unpaired) electrons. The number of piperidine rings is 1. The predicted molar refractivity (Wildman–Crippen MR) is 96.7 cm³/mol. The van der Waals surface area contributed by atoms with Gasteiger partial charge in [-0.1, -0.05) is 22.9 Å². The third kappa shape index (κ3) is 3.64. The van der Waals surface area contributed by atoms with Crippen LogP contribution in [0.4, 0.5) is 23.0 Å². The van der Waals surface area contributed by atoms with E-state index in [0.29, 0.717) is 11.7 Å². The third-order valence-electron chi connectivity index (χ3n) is 4.18. The van der Waals surface area contributed by atoms with Gasteiger partial charge in [0.1, 0.15) is 6.33 Å². The Bertz CT molecular complexity index is 730. The molecule has 0 aliphatic carbocycles. The van der Waals surface area contributed by atoms with Gasteiger partial charge in [0.25, 0.3) is 0 Å². The van der Waals surface area contributed by atoms with E-state index in [9.17, 15) is 10.1 Å². The molecule has 7 nitrogen and oxygen atoms in total. The highest BCUT2D eigenvalue weighted by Gasteiger charge is 2.29. The molecule has 0 spiro atoms. The van der Waals surface area contributed by atoms with Gasteiger partial charge in [-0.05, 0) is 43.0 Å². The summed E-state index contributed by atoms with van der Waals surface area (Å²) in [5.41, 5.74) is 0.660. The summed E-state index contributed by atoms with van der Waals surface area (Å²) in [6.45, 7) is 3.75. The summed E-state index contributed by atoms with van der Waals surface area (Å²) in [6, 6.07) is 7.39. The average molecular weight is 392 g/mol. The van der Waals surface area contributed by atoms with Crippen LogP contribution in [0.25, 0.3) is 0 Å². The van der Waals surface area contributed by atoms with E-state index in [1.165, 1.54) is 6.33 Å². The maximum absolute atomic E-state index is 11.6. The number of halogens is 1. The Morgan fingerprint density at radius 1 is 1.25 bits per heavy atom. The number of nitro groups is 1. The molecule has 0 saturated carbocycles. The zero-order valence-electron chi connectivity index (χ0n) is 13.3. The highest BCUT2D eigenvalue weighted by atomic mass is 79.9. The maximum Gasteiger partial charge on any atom is 0.353 e. The van der Waals surface area contributed by atoms with Crippen molar-refractivity contribution in [3.8, 4) is 0 Å². The first-order chi connectivity index (χ1) is 11.5. The van der Waals surface area contributed by atoms with Gasteiger partial charge in [0.05, 0.1) is 4.92 Å². The number of benzene rings is 1. The largest absolute Gasteiger partial charge is 0.353 e. The summed E-state index contributed by atoms with van der Waals surface area (Å²) in [5, 5.41) is 14.7. The second kappa shape index (κ2) is 7.12. The van der Waals surface area contributed by atoms with Crippen molar-refractivity contribution >= 4 is 38.9 Å². The van der Waals surface area contributed by atoms with Gasteiger partial charge in [-0.3, -0.25) is 10.1 Å². The average Bonchev–Trinajstić information content (AvgIpc) is 2.57. The minimum Gasteiger partial charge on any atom is -0.351 e. The van der Waals surface area contributed by atoms with Gasteiger partial charge in [-0.15, -0.1) is 0 Å². The number of aromatic nitrogens is 2. The van der Waals surface area contributed by atoms with Gasteiger partial charge in [-0.2, -0.15) is 0 Å². The van der Waals surface area contributed by atoms with Crippen LogP contribution in [0.2, 0.25) is 0 Å². The van der Waals surface area contributed by atoms with E-state index in [2.05, 4.69) is 38.1 Å². The smallest absolute Gasteiger partial charge is 0.351 e. The first-order valence-electron chi connectivity index (χ1n) is 7.81. The molecule has 1 N–H and O–H groups in total. The summed E-state index contributed by atoms with van der Waals surface area (Å²) in [4.78, 5) is 21.5. The highest BCUT2D eigenvalue weighted by molar-refractivity contribution is 9.10. The Hall–Kier alpha value is -2.22. The lowest BCUT2D eigenvalue weighted by atomic mass is 9.99. The summed E-state index contributed by atoms with van der Waals surface area (Å²) in [5.74, 6) is 1.25. The van der Waals surface area contributed by atoms with Crippen molar-refractivity contribution in [3.05, 3.63) is 45.2 Å². The number of nitrogens with zero attached hydrogens (tertiary/aromatic N) is 4. The molecule has 1 fully saturated rings. The van der Waals surface area contributed by atoms with Gasteiger partial charge in [0, 0.05) is 23.2 Å². The molecule has 1 saturated heterocycles. The van der Waals surface area contributed by atoms with Crippen molar-refractivity contribution in [1.29, 1.82) is 0 Å². The molecule has 126 valence electrons. The Kier molecular flexibility index (Phi) is 4.94. The molecule has 3 rings (SSSR count). The fourth-order valence-corrected chi connectivity index (χ4v) is 3.02. The number of rotatable bonds is 4. The Morgan fingerprint density at radius 2 is 1.92 bits per heavy atom. The lowest BCUT2D eigenvalue weighted by Gasteiger charge is -2.30. The van der Waals surface area contributed by atoms with Crippen LogP contribution in [0.3, 0.4) is 0 Å². The SMILES string of the molecule is CC1CCN(c2ncnc(Nc3ccc(Br)cc3)c2[N+](=O)[O-])CC1. The van der Waals surface area contributed by atoms with Gasteiger partial charge < -0.3 is 10.2 Å². The summed E-state index contributed by atoms with van der Waals surface area (Å²) in [6.07, 6.45) is 3.40. The van der Waals surface area contributed by atoms with Crippen LogP contribution in [0.1, 0.15) is 19.8 Å². The number of hydrogen-bond donors (Lipinski definition) is 1. The quantitative estimate of drug-likeness (QED) is 0.622. The molecule has 1 aliphatic rings. The summed E-state index contributed by atoms with van der Waals surface area (Å²) >= 11 is 3.37. The zero-order valence-corrected chi connectivity index (χ0v) is 14.9. The third-order valence-corrected chi connectivity index (χ3v) is 4.70. The molecule has 8 heteroatoms. The van der Waals surface area contributed by atoms with Crippen LogP contribution in [0, 0.1) is 16.0 Å². The Morgan fingerprint density at radius 3 is 2.54 bits per heavy atom. The number of hydrogen-bond acceptors (Lipinski definition) is 6. The lowest BCUT2D eigenvalue weighted by molar-refractivity contribution is -0.383. The van der Waals surface area contributed by atoms with Crippen LogP contribution in [0.15, 0.2) is 35.1 Å². The molecule has 24 heavy (non-hydrogen) atoms.